The average molecular weight is 411 g/mol. The van der Waals surface area contributed by atoms with E-state index in [1.54, 1.807) is 0 Å². The molecule has 0 N–H and O–H groups in total. The highest BCUT2D eigenvalue weighted by Gasteiger charge is 2.51. The van der Waals surface area contributed by atoms with Gasteiger partial charge in [-0.2, -0.15) is 0 Å². The second-order valence-electron chi connectivity index (χ2n) is 10.2. The molecule has 30 heavy (non-hydrogen) atoms. The SMILES string of the molecule is CCCC1(C)OC(C)(C)C(=O)/C1=C/c1ccc(/C=C2/C(=O)C(C)(C)OC2(C)C)cc1. The van der Waals surface area contributed by atoms with Crippen LogP contribution >= 0.6 is 0 Å². The summed E-state index contributed by atoms with van der Waals surface area (Å²) >= 11 is 0. The first kappa shape index (κ1) is 22.6. The number of hydrogen-bond donors (Lipinski definition) is 0. The summed E-state index contributed by atoms with van der Waals surface area (Å²) in [5.41, 5.74) is 0.471. The molecule has 0 radical (unpaired) electrons. The molecule has 1 atom stereocenters. The molecule has 1 unspecified atom stereocenters. The molecule has 0 spiro atoms. The van der Waals surface area contributed by atoms with E-state index in [9.17, 15) is 9.59 Å². The molecule has 4 heteroatoms. The van der Waals surface area contributed by atoms with Crippen molar-refractivity contribution in [3.8, 4) is 0 Å². The van der Waals surface area contributed by atoms with Gasteiger partial charge in [-0.15, -0.1) is 0 Å². The van der Waals surface area contributed by atoms with Crippen molar-refractivity contribution in [3.63, 3.8) is 0 Å². The van der Waals surface area contributed by atoms with Crippen LogP contribution < -0.4 is 0 Å². The molecule has 2 fully saturated rings. The van der Waals surface area contributed by atoms with E-state index in [2.05, 4.69) is 6.92 Å². The number of Topliss-reactive ketones (excluding diaryl/α,β-unsaturated/α-hetero) is 2. The van der Waals surface area contributed by atoms with E-state index in [0.29, 0.717) is 5.57 Å². The van der Waals surface area contributed by atoms with Crippen LogP contribution in [0.4, 0.5) is 0 Å². The maximum absolute atomic E-state index is 12.9. The van der Waals surface area contributed by atoms with Gasteiger partial charge in [0.1, 0.15) is 11.2 Å². The topological polar surface area (TPSA) is 52.6 Å². The van der Waals surface area contributed by atoms with E-state index in [0.717, 1.165) is 29.5 Å². The lowest BCUT2D eigenvalue weighted by molar-refractivity contribution is -0.133. The normalized spacial score (nSPS) is 29.9. The first-order chi connectivity index (χ1) is 13.7. The minimum absolute atomic E-state index is 0.0185. The third-order valence-corrected chi connectivity index (χ3v) is 6.08. The Bertz CT molecular complexity index is 928. The Morgan fingerprint density at radius 1 is 0.700 bits per heavy atom. The fourth-order valence-electron chi connectivity index (χ4n) is 4.71. The molecule has 0 saturated carbocycles. The van der Waals surface area contributed by atoms with Gasteiger partial charge < -0.3 is 9.47 Å². The zero-order chi connectivity index (χ0) is 22.5. The monoisotopic (exact) mass is 410 g/mol. The predicted molar refractivity (Wildman–Crippen MR) is 120 cm³/mol. The van der Waals surface area contributed by atoms with Crippen LogP contribution in [-0.4, -0.2) is 34.0 Å². The molecular weight excluding hydrogens is 376 g/mol. The fourth-order valence-corrected chi connectivity index (χ4v) is 4.71. The summed E-state index contributed by atoms with van der Waals surface area (Å²) in [7, 11) is 0. The van der Waals surface area contributed by atoms with Crippen LogP contribution in [-0.2, 0) is 19.1 Å². The summed E-state index contributed by atoms with van der Waals surface area (Å²) < 4.78 is 12.1. The molecule has 2 aliphatic heterocycles. The van der Waals surface area contributed by atoms with Crippen molar-refractivity contribution in [2.75, 3.05) is 0 Å². The number of benzene rings is 1. The van der Waals surface area contributed by atoms with Gasteiger partial charge in [0.25, 0.3) is 0 Å². The Morgan fingerprint density at radius 2 is 1.13 bits per heavy atom. The number of rotatable bonds is 4. The highest BCUT2D eigenvalue weighted by Crippen LogP contribution is 2.43. The molecule has 1 aromatic rings. The van der Waals surface area contributed by atoms with Crippen molar-refractivity contribution in [3.05, 3.63) is 46.5 Å². The molecule has 0 bridgehead atoms. The quantitative estimate of drug-likeness (QED) is 0.611. The number of carbonyl (C=O) groups is 2. The predicted octanol–water partition coefficient (Wildman–Crippen LogP) is 5.55. The van der Waals surface area contributed by atoms with Crippen LogP contribution in [0.2, 0.25) is 0 Å². The number of carbonyl (C=O) groups excluding carboxylic acids is 2. The lowest BCUT2D eigenvalue weighted by Crippen LogP contribution is -2.30. The summed E-state index contributed by atoms with van der Waals surface area (Å²) in [6.45, 7) is 15.2. The third-order valence-electron chi connectivity index (χ3n) is 6.08. The molecule has 2 saturated heterocycles. The molecule has 4 nitrogen and oxygen atoms in total. The second-order valence-corrected chi connectivity index (χ2v) is 10.2. The molecule has 162 valence electrons. The summed E-state index contributed by atoms with van der Waals surface area (Å²) in [5, 5.41) is 0. The Morgan fingerprint density at radius 3 is 1.57 bits per heavy atom. The lowest BCUT2D eigenvalue weighted by atomic mass is 9.86. The Kier molecular flexibility index (Phi) is 5.49. The van der Waals surface area contributed by atoms with Gasteiger partial charge in [0.05, 0.1) is 11.2 Å². The molecule has 0 aromatic heterocycles. The van der Waals surface area contributed by atoms with E-state index < -0.39 is 22.4 Å². The highest BCUT2D eigenvalue weighted by molar-refractivity contribution is 6.09. The van der Waals surface area contributed by atoms with Gasteiger partial charge in [0.2, 0.25) is 0 Å². The standard InChI is InChI=1S/C26H34O4/c1-9-14-26(8)20(22(28)25(6,7)30-26)16-18-12-10-17(11-13-18)15-19-21(27)24(4,5)29-23(19,2)3/h10-13,15-16H,9,14H2,1-8H3/b19-15-,20-16-. The number of hydrogen-bond acceptors (Lipinski definition) is 4. The molecule has 0 amide bonds. The fraction of sp³-hybridized carbons (Fsp3) is 0.538. The Labute approximate surface area is 180 Å². The Hall–Kier alpha value is -2.04. The van der Waals surface area contributed by atoms with Crippen molar-refractivity contribution in [1.82, 2.24) is 0 Å². The Balaban J connectivity index is 1.93. The van der Waals surface area contributed by atoms with Crippen LogP contribution in [0.3, 0.4) is 0 Å². The molecule has 0 aliphatic carbocycles. The van der Waals surface area contributed by atoms with Gasteiger partial charge in [-0.25, -0.2) is 0 Å². The van der Waals surface area contributed by atoms with E-state index in [4.69, 9.17) is 9.47 Å². The summed E-state index contributed by atoms with van der Waals surface area (Å²) in [4.78, 5) is 25.7. The lowest BCUT2D eigenvalue weighted by Gasteiger charge is -2.26. The van der Waals surface area contributed by atoms with Crippen LogP contribution in [0.5, 0.6) is 0 Å². The minimum atomic E-state index is -0.806. The third kappa shape index (κ3) is 3.95. The second kappa shape index (κ2) is 7.28. The van der Waals surface area contributed by atoms with Crippen LogP contribution in [0.15, 0.2) is 35.4 Å². The maximum atomic E-state index is 12.9. The summed E-state index contributed by atoms with van der Waals surface area (Å²) in [6, 6.07) is 7.89. The largest absolute Gasteiger partial charge is 0.357 e. The summed E-state index contributed by atoms with van der Waals surface area (Å²) in [6.07, 6.45) is 5.58. The molecule has 2 heterocycles. The van der Waals surface area contributed by atoms with Crippen molar-refractivity contribution in [1.29, 1.82) is 0 Å². The van der Waals surface area contributed by atoms with Crippen molar-refractivity contribution < 1.29 is 19.1 Å². The van der Waals surface area contributed by atoms with Gasteiger partial charge in [-0.3, -0.25) is 9.59 Å². The van der Waals surface area contributed by atoms with E-state index >= 15 is 0 Å². The van der Waals surface area contributed by atoms with E-state index in [1.165, 1.54) is 0 Å². The van der Waals surface area contributed by atoms with E-state index in [1.807, 2.05) is 84.9 Å². The molecule has 2 aliphatic rings. The van der Waals surface area contributed by atoms with Crippen molar-refractivity contribution in [2.24, 2.45) is 0 Å². The van der Waals surface area contributed by atoms with Crippen molar-refractivity contribution in [2.45, 2.75) is 90.6 Å². The number of ketones is 2. The van der Waals surface area contributed by atoms with Gasteiger partial charge in [0, 0.05) is 11.1 Å². The minimum Gasteiger partial charge on any atom is -0.357 e. The van der Waals surface area contributed by atoms with Crippen LogP contribution in [0.1, 0.15) is 79.4 Å². The van der Waals surface area contributed by atoms with Gasteiger partial charge >= 0.3 is 0 Å². The van der Waals surface area contributed by atoms with Crippen LogP contribution in [0.25, 0.3) is 12.2 Å². The first-order valence-electron chi connectivity index (χ1n) is 10.8. The zero-order valence-electron chi connectivity index (χ0n) is 19.5. The van der Waals surface area contributed by atoms with Gasteiger partial charge in [-0.05, 0) is 78.2 Å². The smallest absolute Gasteiger partial charge is 0.192 e. The van der Waals surface area contributed by atoms with Gasteiger partial charge in [-0.1, -0.05) is 37.6 Å². The zero-order valence-corrected chi connectivity index (χ0v) is 19.5. The van der Waals surface area contributed by atoms with Gasteiger partial charge in [0.15, 0.2) is 11.6 Å². The molecule has 3 rings (SSSR count). The average Bonchev–Trinajstić information content (AvgIpc) is 2.88. The van der Waals surface area contributed by atoms with E-state index in [-0.39, 0.29) is 11.6 Å². The van der Waals surface area contributed by atoms with Crippen molar-refractivity contribution >= 4 is 23.7 Å². The number of ether oxygens (including phenoxy) is 2. The molecular formula is C26H34O4. The highest BCUT2D eigenvalue weighted by atomic mass is 16.5. The molecule has 1 aromatic carbocycles. The summed E-state index contributed by atoms with van der Waals surface area (Å²) in [5.74, 6) is 0.0623. The maximum Gasteiger partial charge on any atom is 0.192 e. The first-order valence-corrected chi connectivity index (χ1v) is 10.8. The van der Waals surface area contributed by atoms with Crippen LogP contribution in [0, 0.1) is 0 Å².